The van der Waals surface area contributed by atoms with Crippen LogP contribution in [0.25, 0.3) is 6.08 Å². The molecule has 0 fully saturated rings. The number of carbonyl (C=O) groups is 1. The minimum absolute atomic E-state index is 0.318. The molecule has 4 heteroatoms. The van der Waals surface area contributed by atoms with E-state index in [9.17, 15) is 4.79 Å². The van der Waals surface area contributed by atoms with Crippen molar-refractivity contribution in [3.05, 3.63) is 35.6 Å². The Bertz CT molecular complexity index is 345. The molecule has 88 valence electrons. The minimum Gasteiger partial charge on any atom is -0.462 e. The quantitative estimate of drug-likeness (QED) is 0.746. The van der Waals surface area contributed by atoms with E-state index in [-0.39, 0.29) is 5.60 Å². The molecule has 0 N–H and O–H groups in total. The summed E-state index contributed by atoms with van der Waals surface area (Å²) in [5, 5.41) is 0.646. The Labute approximate surface area is 101 Å². The molecule has 0 saturated carbocycles. The van der Waals surface area contributed by atoms with Gasteiger partial charge in [-0.1, -0.05) is 24.3 Å². The van der Waals surface area contributed by atoms with Crippen LogP contribution in [0.5, 0.6) is 0 Å². The first kappa shape index (κ1) is 14.6. The number of rotatable bonds is 2. The molecule has 0 aromatic carbocycles. The summed E-state index contributed by atoms with van der Waals surface area (Å²) in [6.45, 7) is 9.49. The van der Waals surface area contributed by atoms with Gasteiger partial charge in [0.25, 0.3) is 6.47 Å². The Morgan fingerprint density at radius 2 is 2.06 bits per heavy atom. The lowest BCUT2D eigenvalue weighted by atomic mass is 10.2. The maximum Gasteiger partial charge on any atom is 0.293 e. The average molecular weight is 242 g/mol. The molecule has 3 nitrogen and oxygen atoms in total. The van der Waals surface area contributed by atoms with Crippen LogP contribution in [0, 0.1) is 0 Å². The summed E-state index contributed by atoms with van der Waals surface area (Å²) in [4.78, 5) is 13.5. The molecule has 0 aliphatic carbocycles. The maximum absolute atomic E-state index is 9.60. The number of pyridine rings is 1. The lowest BCUT2D eigenvalue weighted by molar-refractivity contribution is -0.138. The van der Waals surface area contributed by atoms with Crippen LogP contribution in [0.1, 0.15) is 26.3 Å². The third-order valence-electron chi connectivity index (χ3n) is 1.36. The third kappa shape index (κ3) is 8.00. The number of halogens is 1. The summed E-state index contributed by atoms with van der Waals surface area (Å²) in [5.74, 6) is 0. The van der Waals surface area contributed by atoms with Gasteiger partial charge in [-0.2, -0.15) is 0 Å². The number of aromatic nitrogens is 1. The molecule has 0 bridgehead atoms. The Hall–Kier alpha value is -1.35. The predicted molar refractivity (Wildman–Crippen MR) is 66.2 cm³/mol. The van der Waals surface area contributed by atoms with Gasteiger partial charge in [0.05, 0.1) is 5.02 Å². The molecule has 1 aromatic heterocycles. The van der Waals surface area contributed by atoms with E-state index in [0.29, 0.717) is 11.5 Å². The highest BCUT2D eigenvalue weighted by molar-refractivity contribution is 6.30. The summed E-state index contributed by atoms with van der Waals surface area (Å²) in [6, 6.07) is 1.81. The van der Waals surface area contributed by atoms with Crippen molar-refractivity contribution in [2.75, 3.05) is 0 Å². The first-order valence-corrected chi connectivity index (χ1v) is 5.11. The molecule has 0 aliphatic heterocycles. The molecule has 1 aromatic rings. The van der Waals surface area contributed by atoms with Crippen LogP contribution in [0.2, 0.25) is 5.02 Å². The first-order valence-electron chi connectivity index (χ1n) is 4.73. The van der Waals surface area contributed by atoms with Gasteiger partial charge in [-0.05, 0) is 32.4 Å². The topological polar surface area (TPSA) is 39.2 Å². The largest absolute Gasteiger partial charge is 0.462 e. The normalized spacial score (nSPS) is 9.75. The standard InChI is InChI=1S/C7H6ClN.C5H10O2/c1-2-6-3-7(8)5-9-4-6;1-5(2,3)7-4-6/h2-5H,1H2;4H,1-3H3. The summed E-state index contributed by atoms with van der Waals surface area (Å²) < 4.78 is 4.55. The summed E-state index contributed by atoms with van der Waals surface area (Å²) >= 11 is 5.61. The monoisotopic (exact) mass is 241 g/mol. The Balaban J connectivity index is 0.000000293. The SMILES string of the molecule is C=Cc1cncc(Cl)c1.CC(C)(C)OC=O. The molecular formula is C12H16ClNO2. The number of ether oxygens (including phenoxy) is 1. The number of hydrogen-bond acceptors (Lipinski definition) is 3. The van der Waals surface area contributed by atoms with E-state index in [0.717, 1.165) is 5.56 Å². The van der Waals surface area contributed by atoms with Crippen molar-refractivity contribution >= 4 is 24.1 Å². The van der Waals surface area contributed by atoms with Gasteiger partial charge in [-0.25, -0.2) is 0 Å². The van der Waals surface area contributed by atoms with Gasteiger partial charge < -0.3 is 4.74 Å². The van der Waals surface area contributed by atoms with Gasteiger partial charge >= 0.3 is 0 Å². The zero-order chi connectivity index (χ0) is 12.6. The van der Waals surface area contributed by atoms with E-state index in [2.05, 4.69) is 16.3 Å². The predicted octanol–water partition coefficient (Wildman–Crippen LogP) is 3.34. The number of nitrogens with zero attached hydrogens (tertiary/aromatic N) is 1. The van der Waals surface area contributed by atoms with Crippen molar-refractivity contribution in [3.8, 4) is 0 Å². The van der Waals surface area contributed by atoms with Gasteiger partial charge in [-0.3, -0.25) is 9.78 Å². The third-order valence-corrected chi connectivity index (χ3v) is 1.57. The van der Waals surface area contributed by atoms with Crippen LogP contribution in [0.15, 0.2) is 25.0 Å². The van der Waals surface area contributed by atoms with E-state index in [1.807, 2.05) is 26.8 Å². The van der Waals surface area contributed by atoms with Crippen molar-refractivity contribution in [1.82, 2.24) is 4.98 Å². The molecule has 0 amide bonds. The number of hydrogen-bond donors (Lipinski definition) is 0. The molecule has 0 saturated heterocycles. The summed E-state index contributed by atoms with van der Waals surface area (Å²) in [7, 11) is 0. The van der Waals surface area contributed by atoms with Gasteiger partial charge in [0, 0.05) is 12.4 Å². The molecule has 0 radical (unpaired) electrons. The van der Waals surface area contributed by atoms with E-state index in [1.165, 1.54) is 0 Å². The summed E-state index contributed by atoms with van der Waals surface area (Å²) in [6.07, 6.45) is 5.01. The van der Waals surface area contributed by atoms with E-state index < -0.39 is 0 Å². The first-order chi connectivity index (χ1) is 7.39. The molecular weight excluding hydrogens is 226 g/mol. The molecule has 1 rings (SSSR count). The maximum atomic E-state index is 9.60. The van der Waals surface area contributed by atoms with Crippen LogP contribution in [0.3, 0.4) is 0 Å². The zero-order valence-electron chi connectivity index (χ0n) is 9.74. The van der Waals surface area contributed by atoms with Crippen molar-refractivity contribution in [3.63, 3.8) is 0 Å². The van der Waals surface area contributed by atoms with E-state index in [4.69, 9.17) is 11.6 Å². The van der Waals surface area contributed by atoms with Crippen LogP contribution < -0.4 is 0 Å². The zero-order valence-corrected chi connectivity index (χ0v) is 10.5. The number of carbonyl (C=O) groups excluding carboxylic acids is 1. The van der Waals surface area contributed by atoms with Crippen molar-refractivity contribution in [2.45, 2.75) is 26.4 Å². The Kier molecular flexibility index (Phi) is 6.42. The highest BCUT2D eigenvalue weighted by Crippen LogP contribution is 2.08. The fourth-order valence-electron chi connectivity index (χ4n) is 0.684. The highest BCUT2D eigenvalue weighted by atomic mass is 35.5. The van der Waals surface area contributed by atoms with Crippen LogP contribution in [-0.2, 0) is 9.53 Å². The molecule has 0 spiro atoms. The van der Waals surface area contributed by atoms with Gasteiger partial charge in [-0.15, -0.1) is 0 Å². The molecule has 0 unspecified atom stereocenters. The van der Waals surface area contributed by atoms with Crippen molar-refractivity contribution < 1.29 is 9.53 Å². The second-order valence-electron chi connectivity index (χ2n) is 3.97. The lowest BCUT2D eigenvalue weighted by Crippen LogP contribution is -2.17. The fraction of sp³-hybridized carbons (Fsp3) is 0.333. The van der Waals surface area contributed by atoms with Gasteiger partial charge in [0.15, 0.2) is 0 Å². The second kappa shape index (κ2) is 7.01. The molecule has 16 heavy (non-hydrogen) atoms. The molecule has 1 heterocycles. The Morgan fingerprint density at radius 3 is 2.31 bits per heavy atom. The second-order valence-corrected chi connectivity index (χ2v) is 4.40. The van der Waals surface area contributed by atoms with Gasteiger partial charge in [0.1, 0.15) is 5.60 Å². The van der Waals surface area contributed by atoms with Crippen molar-refractivity contribution in [1.29, 1.82) is 0 Å². The van der Waals surface area contributed by atoms with Crippen LogP contribution in [-0.4, -0.2) is 17.1 Å². The lowest BCUT2D eigenvalue weighted by Gasteiger charge is -2.14. The van der Waals surface area contributed by atoms with Crippen LogP contribution in [0.4, 0.5) is 0 Å². The molecule has 0 aliphatic rings. The smallest absolute Gasteiger partial charge is 0.293 e. The summed E-state index contributed by atoms with van der Waals surface area (Å²) in [5.41, 5.74) is 0.629. The average Bonchev–Trinajstić information content (AvgIpc) is 2.17. The Morgan fingerprint density at radius 1 is 1.44 bits per heavy atom. The minimum atomic E-state index is -0.318. The van der Waals surface area contributed by atoms with Crippen molar-refractivity contribution in [2.24, 2.45) is 0 Å². The fourth-order valence-corrected chi connectivity index (χ4v) is 0.867. The van der Waals surface area contributed by atoms with Crippen LogP contribution >= 0.6 is 11.6 Å². The van der Waals surface area contributed by atoms with Gasteiger partial charge in [0.2, 0.25) is 0 Å². The molecule has 0 atom stereocenters. The highest BCUT2D eigenvalue weighted by Gasteiger charge is 2.07. The van der Waals surface area contributed by atoms with E-state index in [1.54, 1.807) is 18.5 Å². The van der Waals surface area contributed by atoms with E-state index >= 15 is 0 Å².